The molecule has 3 aromatic rings. The Kier molecular flexibility index (Phi) is 5.72. The maximum absolute atomic E-state index is 12.7. The van der Waals surface area contributed by atoms with E-state index in [0.29, 0.717) is 6.42 Å². The smallest absolute Gasteiger partial charge is 0.164 e. The molecule has 0 saturated heterocycles. The Labute approximate surface area is 154 Å². The molecule has 0 aliphatic heterocycles. The Morgan fingerprint density at radius 3 is 1.96 bits per heavy atom. The molecular formula is C23H22OS. The molecule has 25 heavy (non-hydrogen) atoms. The molecule has 0 amide bonds. The lowest BCUT2D eigenvalue weighted by atomic mass is 10.0. The number of carbonyl (C=O) groups is 1. The zero-order valence-corrected chi connectivity index (χ0v) is 15.4. The van der Waals surface area contributed by atoms with Gasteiger partial charge in [-0.25, -0.2) is 0 Å². The molecule has 3 aromatic carbocycles. The van der Waals surface area contributed by atoms with E-state index in [1.807, 2.05) is 30.3 Å². The number of thioether (sulfide) groups is 1. The van der Waals surface area contributed by atoms with Gasteiger partial charge in [0, 0.05) is 22.1 Å². The lowest BCUT2D eigenvalue weighted by Gasteiger charge is -2.17. The van der Waals surface area contributed by atoms with Crippen LogP contribution in [0.15, 0.2) is 83.8 Å². The fourth-order valence-electron chi connectivity index (χ4n) is 2.70. The number of ketones is 1. The van der Waals surface area contributed by atoms with Crippen molar-refractivity contribution in [2.45, 2.75) is 30.4 Å². The third kappa shape index (κ3) is 4.83. The lowest BCUT2D eigenvalue weighted by Crippen LogP contribution is -2.05. The van der Waals surface area contributed by atoms with Gasteiger partial charge in [0.15, 0.2) is 5.78 Å². The van der Waals surface area contributed by atoms with E-state index in [2.05, 4.69) is 62.4 Å². The van der Waals surface area contributed by atoms with Crippen molar-refractivity contribution in [3.8, 4) is 0 Å². The van der Waals surface area contributed by atoms with Gasteiger partial charge in [-0.2, -0.15) is 0 Å². The predicted octanol–water partition coefficient (Wildman–Crippen LogP) is 6.41. The molecule has 0 aliphatic carbocycles. The van der Waals surface area contributed by atoms with Gasteiger partial charge in [0.05, 0.1) is 0 Å². The first-order valence-corrected chi connectivity index (χ1v) is 9.38. The van der Waals surface area contributed by atoms with Gasteiger partial charge in [-0.05, 0) is 31.5 Å². The fraction of sp³-hybridized carbons (Fsp3) is 0.174. The molecule has 0 aliphatic rings. The Balaban J connectivity index is 1.84. The lowest BCUT2D eigenvalue weighted by molar-refractivity contribution is 0.0982. The predicted molar refractivity (Wildman–Crippen MR) is 106 cm³/mol. The largest absolute Gasteiger partial charge is 0.294 e. The van der Waals surface area contributed by atoms with Crippen molar-refractivity contribution in [3.63, 3.8) is 0 Å². The van der Waals surface area contributed by atoms with Crippen molar-refractivity contribution < 1.29 is 4.79 Å². The number of rotatable bonds is 6. The topological polar surface area (TPSA) is 17.1 Å². The molecule has 1 unspecified atom stereocenters. The van der Waals surface area contributed by atoms with Crippen LogP contribution in [0, 0.1) is 13.8 Å². The SMILES string of the molecule is Cc1ccc(SC(CC(=O)c2ccccc2)c2ccc(C)cc2)cc1. The van der Waals surface area contributed by atoms with E-state index in [0.717, 1.165) is 5.56 Å². The second kappa shape index (κ2) is 8.17. The summed E-state index contributed by atoms with van der Waals surface area (Å²) in [5.41, 5.74) is 4.46. The van der Waals surface area contributed by atoms with Crippen LogP contribution in [-0.4, -0.2) is 5.78 Å². The second-order valence-corrected chi connectivity index (χ2v) is 7.60. The van der Waals surface area contributed by atoms with Crippen molar-refractivity contribution in [2.75, 3.05) is 0 Å². The molecule has 0 spiro atoms. The summed E-state index contributed by atoms with van der Waals surface area (Å²) in [4.78, 5) is 13.9. The first kappa shape index (κ1) is 17.5. The van der Waals surface area contributed by atoms with Gasteiger partial charge >= 0.3 is 0 Å². The summed E-state index contributed by atoms with van der Waals surface area (Å²) in [6.07, 6.45) is 0.492. The number of carbonyl (C=O) groups excluding carboxylic acids is 1. The number of Topliss-reactive ketones (excluding diaryl/α,β-unsaturated/α-hetero) is 1. The van der Waals surface area contributed by atoms with Crippen molar-refractivity contribution >= 4 is 17.5 Å². The number of hydrogen-bond acceptors (Lipinski definition) is 2. The minimum atomic E-state index is 0.107. The zero-order chi connectivity index (χ0) is 17.6. The molecule has 0 radical (unpaired) electrons. The third-order valence-corrected chi connectivity index (χ3v) is 5.48. The summed E-state index contributed by atoms with van der Waals surface area (Å²) in [6, 6.07) is 26.6. The summed E-state index contributed by atoms with van der Waals surface area (Å²) in [5, 5.41) is 0.107. The molecule has 1 atom stereocenters. The zero-order valence-electron chi connectivity index (χ0n) is 14.6. The van der Waals surface area contributed by atoms with Gasteiger partial charge in [0.2, 0.25) is 0 Å². The molecule has 0 saturated carbocycles. The van der Waals surface area contributed by atoms with E-state index >= 15 is 0 Å². The molecule has 2 heteroatoms. The van der Waals surface area contributed by atoms with Crippen molar-refractivity contribution in [1.29, 1.82) is 0 Å². The first-order chi connectivity index (χ1) is 12.1. The van der Waals surface area contributed by atoms with Crippen LogP contribution >= 0.6 is 11.8 Å². The fourth-order valence-corrected chi connectivity index (χ4v) is 3.85. The van der Waals surface area contributed by atoms with Gasteiger partial charge in [0.1, 0.15) is 0 Å². The molecule has 0 aromatic heterocycles. The highest BCUT2D eigenvalue weighted by atomic mass is 32.2. The first-order valence-electron chi connectivity index (χ1n) is 8.50. The summed E-state index contributed by atoms with van der Waals surface area (Å²) in [5.74, 6) is 0.186. The normalized spacial score (nSPS) is 11.9. The maximum atomic E-state index is 12.7. The molecule has 126 valence electrons. The van der Waals surface area contributed by atoms with Crippen LogP contribution in [0.4, 0.5) is 0 Å². The van der Waals surface area contributed by atoms with Crippen LogP contribution in [0.1, 0.15) is 38.7 Å². The number of aryl methyl sites for hydroxylation is 2. The summed E-state index contributed by atoms with van der Waals surface area (Å²) in [6.45, 7) is 4.17. The van der Waals surface area contributed by atoms with Crippen LogP contribution in [0.2, 0.25) is 0 Å². The highest BCUT2D eigenvalue weighted by Crippen LogP contribution is 2.38. The van der Waals surface area contributed by atoms with Crippen LogP contribution < -0.4 is 0 Å². The molecule has 3 rings (SSSR count). The molecule has 0 fully saturated rings. The van der Waals surface area contributed by atoms with Crippen LogP contribution in [0.25, 0.3) is 0 Å². The summed E-state index contributed by atoms with van der Waals surface area (Å²) >= 11 is 1.76. The second-order valence-electron chi connectivity index (χ2n) is 6.32. The molecule has 0 heterocycles. The molecular weight excluding hydrogens is 324 g/mol. The highest BCUT2D eigenvalue weighted by Gasteiger charge is 2.18. The molecule has 1 nitrogen and oxygen atoms in total. The minimum Gasteiger partial charge on any atom is -0.294 e. The maximum Gasteiger partial charge on any atom is 0.164 e. The number of benzene rings is 3. The van der Waals surface area contributed by atoms with Crippen molar-refractivity contribution in [1.82, 2.24) is 0 Å². The Bertz CT molecular complexity index is 820. The monoisotopic (exact) mass is 346 g/mol. The summed E-state index contributed by atoms with van der Waals surface area (Å²) < 4.78 is 0. The van der Waals surface area contributed by atoms with Gasteiger partial charge in [-0.1, -0.05) is 77.9 Å². The van der Waals surface area contributed by atoms with E-state index in [9.17, 15) is 4.79 Å². The van der Waals surface area contributed by atoms with E-state index in [4.69, 9.17) is 0 Å². The van der Waals surface area contributed by atoms with E-state index < -0.39 is 0 Å². The van der Waals surface area contributed by atoms with Crippen molar-refractivity contribution in [3.05, 3.63) is 101 Å². The minimum absolute atomic E-state index is 0.107. The Morgan fingerprint density at radius 1 is 0.800 bits per heavy atom. The van der Waals surface area contributed by atoms with Gasteiger partial charge in [-0.3, -0.25) is 4.79 Å². The van der Waals surface area contributed by atoms with Gasteiger partial charge < -0.3 is 0 Å². The van der Waals surface area contributed by atoms with E-state index in [-0.39, 0.29) is 11.0 Å². The Morgan fingerprint density at radius 2 is 1.36 bits per heavy atom. The van der Waals surface area contributed by atoms with Gasteiger partial charge in [-0.15, -0.1) is 11.8 Å². The van der Waals surface area contributed by atoms with E-state index in [1.54, 1.807) is 11.8 Å². The number of hydrogen-bond donors (Lipinski definition) is 0. The van der Waals surface area contributed by atoms with Crippen molar-refractivity contribution in [2.24, 2.45) is 0 Å². The molecule has 0 N–H and O–H groups in total. The average Bonchev–Trinajstić information content (AvgIpc) is 2.64. The third-order valence-electron chi connectivity index (χ3n) is 4.22. The summed E-state index contributed by atoms with van der Waals surface area (Å²) in [7, 11) is 0. The van der Waals surface area contributed by atoms with Gasteiger partial charge in [0.25, 0.3) is 0 Å². The van der Waals surface area contributed by atoms with Crippen LogP contribution in [-0.2, 0) is 0 Å². The standard InChI is InChI=1S/C23H22OS/c1-17-8-12-20(13-9-17)23(25-21-14-10-18(2)11-15-21)16-22(24)19-6-4-3-5-7-19/h3-15,23H,16H2,1-2H3. The van der Waals surface area contributed by atoms with E-state index in [1.165, 1.54) is 21.6 Å². The average molecular weight is 346 g/mol. The quantitative estimate of drug-likeness (QED) is 0.379. The Hall–Kier alpha value is -2.32. The van der Waals surface area contributed by atoms with Crippen LogP contribution in [0.3, 0.4) is 0 Å². The highest BCUT2D eigenvalue weighted by molar-refractivity contribution is 7.99. The van der Waals surface area contributed by atoms with Crippen LogP contribution in [0.5, 0.6) is 0 Å². The molecule has 0 bridgehead atoms.